The van der Waals surface area contributed by atoms with Crippen LogP contribution in [0.15, 0.2) is 85.3 Å². The largest absolute Gasteiger partial charge is 0.472 e. The number of likely N-dealkylation sites (tertiary alicyclic amines) is 1. The van der Waals surface area contributed by atoms with E-state index in [1.165, 1.54) is 11.8 Å². The molecule has 0 aliphatic carbocycles. The van der Waals surface area contributed by atoms with Crippen molar-refractivity contribution in [3.63, 3.8) is 0 Å². The van der Waals surface area contributed by atoms with E-state index in [2.05, 4.69) is 61.1 Å². The Kier molecular flexibility index (Phi) is 6.82. The van der Waals surface area contributed by atoms with Gasteiger partial charge >= 0.3 is 0 Å². The Labute approximate surface area is 243 Å². The van der Waals surface area contributed by atoms with E-state index in [-0.39, 0.29) is 11.7 Å². The van der Waals surface area contributed by atoms with Crippen LogP contribution in [0.4, 0.5) is 10.1 Å². The second-order valence-corrected chi connectivity index (χ2v) is 10.6. The first-order valence-corrected chi connectivity index (χ1v) is 14.0. The van der Waals surface area contributed by atoms with Crippen LogP contribution >= 0.6 is 0 Å². The van der Waals surface area contributed by atoms with Crippen molar-refractivity contribution < 1.29 is 9.13 Å². The molecule has 2 aliphatic heterocycles. The van der Waals surface area contributed by atoms with Crippen LogP contribution in [-0.2, 0) is 13.3 Å². The third-order valence-corrected chi connectivity index (χ3v) is 7.96. The summed E-state index contributed by atoms with van der Waals surface area (Å²) in [6, 6.07) is 24.4. The van der Waals surface area contributed by atoms with E-state index >= 15 is 0 Å². The number of imidazole rings is 1. The fraction of sp³-hybridized carbons (Fsp3) is 0.212. The number of aromatic nitrogens is 4. The van der Waals surface area contributed by atoms with Gasteiger partial charge < -0.3 is 10.1 Å². The van der Waals surface area contributed by atoms with E-state index in [9.17, 15) is 4.39 Å². The topological polar surface area (TPSA) is 91.9 Å². The summed E-state index contributed by atoms with van der Waals surface area (Å²) in [6.07, 6.45) is 6.79. The van der Waals surface area contributed by atoms with Crippen molar-refractivity contribution in [2.75, 3.05) is 18.4 Å². The van der Waals surface area contributed by atoms with Gasteiger partial charge in [0.15, 0.2) is 18.2 Å². The van der Waals surface area contributed by atoms with Gasteiger partial charge in [0.25, 0.3) is 0 Å². The molecule has 9 heteroatoms. The maximum absolute atomic E-state index is 14.4. The van der Waals surface area contributed by atoms with E-state index in [4.69, 9.17) is 15.0 Å². The summed E-state index contributed by atoms with van der Waals surface area (Å²) in [5.74, 6) is 1.07. The summed E-state index contributed by atoms with van der Waals surface area (Å²) >= 11 is 0. The minimum Gasteiger partial charge on any atom is -0.472 e. The van der Waals surface area contributed by atoms with E-state index < -0.39 is 5.82 Å². The van der Waals surface area contributed by atoms with Gasteiger partial charge in [0.05, 0.1) is 22.6 Å². The second kappa shape index (κ2) is 11.1. The molecule has 0 bridgehead atoms. The molecule has 3 aromatic heterocycles. The molecule has 8 nitrogen and oxygen atoms in total. The maximum atomic E-state index is 14.4. The molecule has 7 rings (SSSR count). The number of benzene rings is 2. The third-order valence-electron chi connectivity index (χ3n) is 7.96. The number of hydrogen-bond acceptors (Lipinski definition) is 7. The predicted octanol–water partition coefficient (Wildman–Crippen LogP) is 6.11. The number of rotatable bonds is 6. The molecular formula is C33H28FN7O. The van der Waals surface area contributed by atoms with Gasteiger partial charge in [0.1, 0.15) is 17.6 Å². The molecule has 5 heterocycles. The highest BCUT2D eigenvalue weighted by molar-refractivity contribution is 5.83. The Bertz CT molecular complexity index is 1770. The standard InChI is InChI=1S/C33H28FN7O/c34-30-27(10-15-37-28(30)18-35)38-25-12-16-40(17-13-25)20-22-6-8-23(9-7-22)31-32(24-4-2-1-3-5-24)41-21-42-29-11-14-36-19-26(29)33(41)39-31/h1-11,14-15,19,25H,12-13,16-17,20-21H2,(H,37,38). The highest BCUT2D eigenvalue weighted by Crippen LogP contribution is 2.41. The Morgan fingerprint density at radius 1 is 0.976 bits per heavy atom. The van der Waals surface area contributed by atoms with Gasteiger partial charge in [0, 0.05) is 55.4 Å². The van der Waals surface area contributed by atoms with Crippen LogP contribution in [0.5, 0.6) is 5.75 Å². The van der Waals surface area contributed by atoms with E-state index in [1.807, 2.05) is 30.5 Å². The first kappa shape index (κ1) is 25.9. The number of piperidine rings is 1. The third kappa shape index (κ3) is 4.86. The molecule has 1 N–H and O–H groups in total. The van der Waals surface area contributed by atoms with Crippen LogP contribution in [-0.4, -0.2) is 43.6 Å². The zero-order chi connectivity index (χ0) is 28.5. The molecule has 0 atom stereocenters. The van der Waals surface area contributed by atoms with Crippen LogP contribution in [0.25, 0.3) is 33.9 Å². The van der Waals surface area contributed by atoms with E-state index in [0.717, 1.165) is 72.1 Å². The maximum Gasteiger partial charge on any atom is 0.182 e. The molecule has 42 heavy (non-hydrogen) atoms. The smallest absolute Gasteiger partial charge is 0.182 e. The summed E-state index contributed by atoms with van der Waals surface area (Å²) in [7, 11) is 0. The molecular weight excluding hydrogens is 529 g/mol. The monoisotopic (exact) mass is 557 g/mol. The SMILES string of the molecule is N#Cc1nccc(NC2CCN(Cc3ccc(-c4nc5n(c4-c4ccccc4)COc4ccncc4-5)cc3)CC2)c1F. The van der Waals surface area contributed by atoms with Crippen molar-refractivity contribution >= 4 is 5.69 Å². The van der Waals surface area contributed by atoms with Gasteiger partial charge in [-0.2, -0.15) is 5.26 Å². The highest BCUT2D eigenvalue weighted by atomic mass is 19.1. The average molecular weight is 558 g/mol. The number of nitrogens with one attached hydrogen (secondary N) is 1. The molecule has 0 unspecified atom stereocenters. The van der Waals surface area contributed by atoms with Gasteiger partial charge in [-0.25, -0.2) is 14.4 Å². The lowest BCUT2D eigenvalue weighted by molar-refractivity contribution is 0.211. The highest BCUT2D eigenvalue weighted by Gasteiger charge is 2.27. The molecule has 1 fully saturated rings. The van der Waals surface area contributed by atoms with Gasteiger partial charge in [0.2, 0.25) is 0 Å². The van der Waals surface area contributed by atoms with Gasteiger partial charge in [-0.15, -0.1) is 0 Å². The molecule has 1 saturated heterocycles. The molecule has 5 aromatic rings. The fourth-order valence-corrected chi connectivity index (χ4v) is 5.80. The Balaban J connectivity index is 1.08. The summed E-state index contributed by atoms with van der Waals surface area (Å²) in [5.41, 5.74) is 6.35. The quantitative estimate of drug-likeness (QED) is 0.269. The molecule has 2 aliphatic rings. The average Bonchev–Trinajstić information content (AvgIpc) is 3.44. The van der Waals surface area contributed by atoms with Crippen molar-refractivity contribution in [2.45, 2.75) is 32.2 Å². The van der Waals surface area contributed by atoms with Crippen LogP contribution in [0.3, 0.4) is 0 Å². The summed E-state index contributed by atoms with van der Waals surface area (Å²) < 4.78 is 22.6. The van der Waals surface area contributed by atoms with Crippen LogP contribution in [0.2, 0.25) is 0 Å². The summed E-state index contributed by atoms with van der Waals surface area (Å²) in [6.45, 7) is 3.03. The van der Waals surface area contributed by atoms with E-state index in [1.54, 1.807) is 18.3 Å². The van der Waals surface area contributed by atoms with Crippen LogP contribution in [0, 0.1) is 17.1 Å². The lowest BCUT2D eigenvalue weighted by Crippen LogP contribution is -2.38. The lowest BCUT2D eigenvalue weighted by Gasteiger charge is -2.33. The number of hydrogen-bond donors (Lipinski definition) is 1. The predicted molar refractivity (Wildman–Crippen MR) is 158 cm³/mol. The number of nitrogens with zero attached hydrogens (tertiary/aromatic N) is 6. The summed E-state index contributed by atoms with van der Waals surface area (Å²) in [4.78, 5) is 15.6. The van der Waals surface area contributed by atoms with Crippen LogP contribution in [0.1, 0.15) is 24.1 Å². The first-order chi connectivity index (χ1) is 20.7. The zero-order valence-corrected chi connectivity index (χ0v) is 22.9. The Morgan fingerprint density at radius 3 is 2.57 bits per heavy atom. The number of nitriles is 1. The Hall–Kier alpha value is -5.07. The van der Waals surface area contributed by atoms with E-state index in [0.29, 0.717) is 12.4 Å². The molecule has 0 saturated carbocycles. The van der Waals surface area contributed by atoms with Crippen molar-refractivity contribution in [2.24, 2.45) is 0 Å². The summed E-state index contributed by atoms with van der Waals surface area (Å²) in [5, 5.41) is 12.3. The number of anilines is 1. The van der Waals surface area contributed by atoms with Gasteiger partial charge in [-0.1, -0.05) is 54.6 Å². The van der Waals surface area contributed by atoms with Crippen molar-refractivity contribution in [3.8, 4) is 45.7 Å². The zero-order valence-electron chi connectivity index (χ0n) is 22.9. The lowest BCUT2D eigenvalue weighted by atomic mass is 10.0. The molecule has 208 valence electrons. The first-order valence-electron chi connectivity index (χ1n) is 14.0. The van der Waals surface area contributed by atoms with Gasteiger partial charge in [-0.3, -0.25) is 14.5 Å². The molecule has 0 radical (unpaired) electrons. The van der Waals surface area contributed by atoms with Crippen molar-refractivity contribution in [1.82, 2.24) is 24.4 Å². The second-order valence-electron chi connectivity index (χ2n) is 10.6. The number of halogens is 1. The normalized spacial score (nSPS) is 14.9. The van der Waals surface area contributed by atoms with Crippen molar-refractivity contribution in [3.05, 3.63) is 102 Å². The minimum atomic E-state index is -0.579. The fourth-order valence-electron chi connectivity index (χ4n) is 5.80. The van der Waals surface area contributed by atoms with Gasteiger partial charge in [-0.05, 0) is 30.5 Å². The molecule has 2 aromatic carbocycles. The van der Waals surface area contributed by atoms with Crippen LogP contribution < -0.4 is 10.1 Å². The Morgan fingerprint density at radius 2 is 1.79 bits per heavy atom. The number of pyridine rings is 2. The minimum absolute atomic E-state index is 0.153. The number of ether oxygens (including phenoxy) is 1. The molecule has 0 amide bonds. The van der Waals surface area contributed by atoms with Crippen molar-refractivity contribution in [1.29, 1.82) is 5.26 Å². The molecule has 0 spiro atoms. The number of fused-ring (bicyclic) bond motifs is 3.